The fourth-order valence-electron chi connectivity index (χ4n) is 7.96. The molecule has 2 N–H and O–H groups in total. The summed E-state index contributed by atoms with van der Waals surface area (Å²) in [5, 5.41) is 20.9. The minimum absolute atomic E-state index is 0.0432. The molecule has 0 heterocycles. The van der Waals surface area contributed by atoms with E-state index in [2.05, 4.69) is 13.8 Å². The van der Waals surface area contributed by atoms with Crippen molar-refractivity contribution in [3.63, 3.8) is 0 Å². The van der Waals surface area contributed by atoms with E-state index >= 15 is 0 Å². The van der Waals surface area contributed by atoms with Gasteiger partial charge in [0.2, 0.25) is 0 Å². The average molecular weight is 447 g/mol. The summed E-state index contributed by atoms with van der Waals surface area (Å²) in [7, 11) is 0. The van der Waals surface area contributed by atoms with Gasteiger partial charge in [-0.1, -0.05) is 19.4 Å². The molecule has 4 aliphatic carbocycles. The summed E-state index contributed by atoms with van der Waals surface area (Å²) in [6.45, 7) is 8.10. The van der Waals surface area contributed by atoms with Crippen molar-refractivity contribution in [3.8, 4) is 0 Å². The fourth-order valence-corrected chi connectivity index (χ4v) is 7.96. The zero-order valence-electron chi connectivity index (χ0n) is 19.9. The van der Waals surface area contributed by atoms with Crippen LogP contribution < -0.4 is 0 Å². The highest BCUT2D eigenvalue weighted by Crippen LogP contribution is 2.69. The number of fused-ring (bicyclic) bond motifs is 5. The Kier molecular flexibility index (Phi) is 5.84. The summed E-state index contributed by atoms with van der Waals surface area (Å²) in [6, 6.07) is 0. The Morgan fingerprint density at radius 1 is 1.16 bits per heavy atom. The predicted octanol–water partition coefficient (Wildman–Crippen LogP) is 4.29. The number of rotatable bonds is 5. The van der Waals surface area contributed by atoms with Gasteiger partial charge in [-0.15, -0.1) is 0 Å². The normalized spacial score (nSPS) is 43.2. The number of esters is 1. The van der Waals surface area contributed by atoms with E-state index in [1.165, 1.54) is 0 Å². The standard InChI is InChI=1S/C26H38O6/c1-15(2)32-23(30)18-14-16-13-17(27)5-9-24(16,3)19-6-10-25(4)20(22(18)19)7-11-26(25,31)12-8-21(28)29/h13,15,18-20,22,31H,5-12,14H2,1-4H3,(H,28,29)/t18?,19-,20-,22+,24-,25-,26-/m0/s1. The van der Waals surface area contributed by atoms with Crippen LogP contribution >= 0.6 is 0 Å². The molecule has 0 radical (unpaired) electrons. The molecule has 1 unspecified atom stereocenters. The van der Waals surface area contributed by atoms with Gasteiger partial charge in [-0.05, 0) is 93.5 Å². The van der Waals surface area contributed by atoms with Crippen LogP contribution in [-0.4, -0.2) is 39.6 Å². The predicted molar refractivity (Wildman–Crippen MR) is 119 cm³/mol. The van der Waals surface area contributed by atoms with Crippen molar-refractivity contribution in [1.82, 2.24) is 0 Å². The summed E-state index contributed by atoms with van der Waals surface area (Å²) in [4.78, 5) is 36.8. The van der Waals surface area contributed by atoms with E-state index in [-0.39, 0.29) is 59.8 Å². The smallest absolute Gasteiger partial charge is 0.309 e. The molecule has 4 rings (SSSR count). The molecule has 0 aromatic rings. The number of carbonyl (C=O) groups excluding carboxylic acids is 2. The Morgan fingerprint density at radius 2 is 1.84 bits per heavy atom. The quantitative estimate of drug-likeness (QED) is 0.611. The lowest BCUT2D eigenvalue weighted by molar-refractivity contribution is -0.173. The molecule has 3 saturated carbocycles. The first-order valence-electron chi connectivity index (χ1n) is 12.3. The van der Waals surface area contributed by atoms with Crippen molar-refractivity contribution in [1.29, 1.82) is 0 Å². The first-order valence-corrected chi connectivity index (χ1v) is 12.3. The molecule has 3 fully saturated rings. The summed E-state index contributed by atoms with van der Waals surface area (Å²) >= 11 is 0. The van der Waals surface area contributed by atoms with Crippen molar-refractivity contribution < 1.29 is 29.3 Å². The zero-order chi connectivity index (χ0) is 23.5. The van der Waals surface area contributed by atoms with E-state index in [4.69, 9.17) is 4.74 Å². The van der Waals surface area contributed by atoms with Gasteiger partial charge in [0.15, 0.2) is 5.78 Å². The minimum Gasteiger partial charge on any atom is -0.481 e. The van der Waals surface area contributed by atoms with Crippen LogP contribution in [0.3, 0.4) is 0 Å². The molecule has 0 bridgehead atoms. The number of hydrogen-bond donors (Lipinski definition) is 2. The molecule has 6 nitrogen and oxygen atoms in total. The lowest BCUT2D eigenvalue weighted by Crippen LogP contribution is -2.58. The van der Waals surface area contributed by atoms with Gasteiger partial charge in [0.05, 0.1) is 17.6 Å². The van der Waals surface area contributed by atoms with Crippen molar-refractivity contribution in [2.75, 3.05) is 0 Å². The number of allylic oxidation sites excluding steroid dienone is 1. The number of aliphatic carboxylic acids is 1. The van der Waals surface area contributed by atoms with Crippen LogP contribution in [0.1, 0.15) is 85.5 Å². The van der Waals surface area contributed by atoms with Gasteiger partial charge in [-0.25, -0.2) is 0 Å². The first kappa shape index (κ1) is 23.5. The Labute approximate surface area is 190 Å². The van der Waals surface area contributed by atoms with Gasteiger partial charge < -0.3 is 14.9 Å². The maximum Gasteiger partial charge on any atom is 0.309 e. The molecule has 4 aliphatic rings. The number of hydrogen-bond acceptors (Lipinski definition) is 5. The molecule has 0 aliphatic heterocycles. The fraction of sp³-hybridized carbons (Fsp3) is 0.808. The number of ether oxygens (including phenoxy) is 1. The molecule has 32 heavy (non-hydrogen) atoms. The molecule has 0 aromatic heterocycles. The summed E-state index contributed by atoms with van der Waals surface area (Å²) in [5.74, 6) is -0.767. The molecule has 6 heteroatoms. The first-order chi connectivity index (χ1) is 14.9. The average Bonchev–Trinajstić information content (AvgIpc) is 2.97. The number of carboxylic acid groups (broad SMARTS) is 1. The van der Waals surface area contributed by atoms with Gasteiger partial charge in [-0.2, -0.15) is 0 Å². The van der Waals surface area contributed by atoms with E-state index in [1.54, 1.807) is 6.08 Å². The molecule has 0 saturated heterocycles. The van der Waals surface area contributed by atoms with E-state index in [0.717, 1.165) is 31.3 Å². The Bertz CT molecular complexity index is 845. The molecule has 0 spiro atoms. The van der Waals surface area contributed by atoms with E-state index in [1.807, 2.05) is 13.8 Å². The van der Waals surface area contributed by atoms with Crippen LogP contribution in [0.4, 0.5) is 0 Å². The van der Waals surface area contributed by atoms with Gasteiger partial charge in [0, 0.05) is 12.8 Å². The molecular weight excluding hydrogens is 408 g/mol. The summed E-state index contributed by atoms with van der Waals surface area (Å²) in [6.07, 6.45) is 6.79. The van der Waals surface area contributed by atoms with Crippen LogP contribution in [0.2, 0.25) is 0 Å². The van der Waals surface area contributed by atoms with Crippen molar-refractivity contribution in [2.24, 2.45) is 34.5 Å². The summed E-state index contributed by atoms with van der Waals surface area (Å²) < 4.78 is 5.70. The van der Waals surface area contributed by atoms with Gasteiger partial charge >= 0.3 is 11.9 Å². The highest BCUT2D eigenvalue weighted by molar-refractivity contribution is 5.92. The van der Waals surface area contributed by atoms with Gasteiger partial charge in [-0.3, -0.25) is 14.4 Å². The maximum absolute atomic E-state index is 13.3. The van der Waals surface area contributed by atoms with Crippen LogP contribution in [0.25, 0.3) is 0 Å². The van der Waals surface area contributed by atoms with E-state index in [0.29, 0.717) is 19.3 Å². The second-order valence-corrected chi connectivity index (χ2v) is 11.6. The molecule has 178 valence electrons. The number of ketones is 1. The zero-order valence-corrected chi connectivity index (χ0v) is 19.9. The Balaban J connectivity index is 1.73. The Hall–Kier alpha value is -1.69. The number of aliphatic hydroxyl groups is 1. The van der Waals surface area contributed by atoms with Crippen molar-refractivity contribution in [3.05, 3.63) is 11.6 Å². The lowest BCUT2D eigenvalue weighted by atomic mass is 9.44. The molecule has 0 aromatic carbocycles. The topological polar surface area (TPSA) is 101 Å². The van der Waals surface area contributed by atoms with Crippen LogP contribution in [0.5, 0.6) is 0 Å². The third-order valence-electron chi connectivity index (χ3n) is 9.74. The van der Waals surface area contributed by atoms with Crippen molar-refractivity contribution >= 4 is 17.7 Å². The molecule has 7 atom stereocenters. The second-order valence-electron chi connectivity index (χ2n) is 11.6. The van der Waals surface area contributed by atoms with E-state index < -0.39 is 17.0 Å². The van der Waals surface area contributed by atoms with Crippen LogP contribution in [0, 0.1) is 34.5 Å². The van der Waals surface area contributed by atoms with Crippen LogP contribution in [-0.2, 0) is 19.1 Å². The molecular formula is C26H38O6. The third kappa shape index (κ3) is 3.53. The lowest BCUT2D eigenvalue weighted by Gasteiger charge is -2.60. The van der Waals surface area contributed by atoms with Gasteiger partial charge in [0.25, 0.3) is 0 Å². The molecule has 0 amide bonds. The summed E-state index contributed by atoms with van der Waals surface area (Å²) in [5.41, 5.74) is -0.436. The monoisotopic (exact) mass is 446 g/mol. The number of carboxylic acids is 1. The number of carbonyl (C=O) groups is 3. The SMILES string of the molecule is CC(C)OC(=O)C1CC2=CC(=O)CC[C@]2(C)[C@H]2CC[C@@]3(C)[C@@H](CC[C@]3(O)CCC(=O)O)[C@H]12. The largest absolute Gasteiger partial charge is 0.481 e. The van der Waals surface area contributed by atoms with E-state index in [9.17, 15) is 24.6 Å². The van der Waals surface area contributed by atoms with Crippen LogP contribution in [0.15, 0.2) is 11.6 Å². The minimum atomic E-state index is -1.02. The van der Waals surface area contributed by atoms with Crippen molar-refractivity contribution in [2.45, 2.75) is 97.2 Å². The highest BCUT2D eigenvalue weighted by atomic mass is 16.5. The highest BCUT2D eigenvalue weighted by Gasteiger charge is 2.66. The van der Waals surface area contributed by atoms with Gasteiger partial charge in [0.1, 0.15) is 0 Å². The third-order valence-corrected chi connectivity index (χ3v) is 9.74. The Morgan fingerprint density at radius 3 is 2.50 bits per heavy atom. The maximum atomic E-state index is 13.3. The second kappa shape index (κ2) is 7.96.